The highest BCUT2D eigenvalue weighted by Gasteiger charge is 2.33. The minimum atomic E-state index is -0.0985. The van der Waals surface area contributed by atoms with Gasteiger partial charge in [0, 0.05) is 25.2 Å². The fraction of sp³-hybridized carbons (Fsp3) is 1.00. The Kier molecular flexibility index (Phi) is 5.46. The summed E-state index contributed by atoms with van der Waals surface area (Å²) < 4.78 is 0. The Balaban J connectivity index is 1.88. The third-order valence-corrected chi connectivity index (χ3v) is 4.73. The van der Waals surface area contributed by atoms with E-state index in [0.29, 0.717) is 12.0 Å². The summed E-state index contributed by atoms with van der Waals surface area (Å²) in [4.78, 5) is 2.69. The molecule has 0 amide bonds. The molecule has 0 aromatic heterocycles. The number of hydrogen-bond donors (Lipinski definition) is 2. The first kappa shape index (κ1) is 14.3. The lowest BCUT2D eigenvalue weighted by Crippen LogP contribution is -2.54. The summed E-state index contributed by atoms with van der Waals surface area (Å²) in [5.74, 6) is 0.679. The number of piperidine rings is 1. The summed E-state index contributed by atoms with van der Waals surface area (Å²) in [6.07, 6.45) is 7.22. The first-order chi connectivity index (χ1) is 8.72. The first-order valence-electron chi connectivity index (χ1n) is 7.88. The van der Waals surface area contributed by atoms with Crippen LogP contribution >= 0.6 is 0 Å². The van der Waals surface area contributed by atoms with Gasteiger partial charge in [0.05, 0.1) is 6.10 Å². The van der Waals surface area contributed by atoms with Crippen molar-refractivity contribution in [1.29, 1.82) is 0 Å². The minimum Gasteiger partial charge on any atom is -0.393 e. The molecule has 106 valence electrons. The second kappa shape index (κ2) is 6.88. The van der Waals surface area contributed by atoms with Crippen molar-refractivity contribution in [1.82, 2.24) is 10.2 Å². The number of aliphatic hydroxyl groups is 1. The molecule has 0 spiro atoms. The van der Waals surface area contributed by atoms with E-state index < -0.39 is 0 Å². The molecule has 0 radical (unpaired) electrons. The molecule has 3 nitrogen and oxygen atoms in total. The summed E-state index contributed by atoms with van der Waals surface area (Å²) in [6, 6.07) is 1.48. The van der Waals surface area contributed by atoms with Gasteiger partial charge in [-0.05, 0) is 44.6 Å². The van der Waals surface area contributed by atoms with Gasteiger partial charge in [0.1, 0.15) is 0 Å². The molecular weight excluding hydrogens is 224 g/mol. The van der Waals surface area contributed by atoms with Crippen LogP contribution in [0, 0.1) is 5.92 Å². The molecule has 1 aliphatic heterocycles. The molecule has 2 fully saturated rings. The topological polar surface area (TPSA) is 35.5 Å². The average molecular weight is 254 g/mol. The smallest absolute Gasteiger partial charge is 0.0540 e. The highest BCUT2D eigenvalue weighted by atomic mass is 16.3. The molecular formula is C15H30N2O. The maximum atomic E-state index is 9.88. The minimum absolute atomic E-state index is 0.0985. The summed E-state index contributed by atoms with van der Waals surface area (Å²) in [7, 11) is 0. The predicted octanol–water partition coefficient (Wildman–Crippen LogP) is 2.00. The standard InChI is InChI=1S/C15H30N2O/c1-3-15(18)9-12-8-13(16-4-2)11-17(10-12)14-6-5-7-14/h12-16,18H,3-11H2,1-2H3. The van der Waals surface area contributed by atoms with Gasteiger partial charge in [-0.2, -0.15) is 0 Å². The number of nitrogens with one attached hydrogen (secondary N) is 1. The summed E-state index contributed by atoms with van der Waals surface area (Å²) in [5.41, 5.74) is 0. The zero-order chi connectivity index (χ0) is 13.0. The molecule has 3 heteroatoms. The molecule has 0 bridgehead atoms. The predicted molar refractivity (Wildman–Crippen MR) is 75.7 cm³/mol. The van der Waals surface area contributed by atoms with Crippen molar-refractivity contribution in [2.75, 3.05) is 19.6 Å². The van der Waals surface area contributed by atoms with Crippen molar-refractivity contribution < 1.29 is 5.11 Å². The largest absolute Gasteiger partial charge is 0.393 e. The fourth-order valence-corrected chi connectivity index (χ4v) is 3.45. The molecule has 0 aromatic rings. The van der Waals surface area contributed by atoms with Crippen molar-refractivity contribution in [2.24, 2.45) is 5.92 Å². The molecule has 1 aliphatic carbocycles. The van der Waals surface area contributed by atoms with Crippen molar-refractivity contribution in [3.8, 4) is 0 Å². The van der Waals surface area contributed by atoms with E-state index in [9.17, 15) is 5.11 Å². The Morgan fingerprint density at radius 3 is 2.61 bits per heavy atom. The van der Waals surface area contributed by atoms with Crippen LogP contribution in [-0.2, 0) is 0 Å². The normalized spacial score (nSPS) is 32.2. The molecule has 1 saturated heterocycles. The third kappa shape index (κ3) is 3.69. The summed E-state index contributed by atoms with van der Waals surface area (Å²) in [6.45, 7) is 7.77. The van der Waals surface area contributed by atoms with Gasteiger partial charge in [0.25, 0.3) is 0 Å². The number of hydrogen-bond acceptors (Lipinski definition) is 3. The lowest BCUT2D eigenvalue weighted by molar-refractivity contribution is 0.0376. The summed E-state index contributed by atoms with van der Waals surface area (Å²) in [5, 5.41) is 13.5. The van der Waals surface area contributed by atoms with Crippen molar-refractivity contribution in [3.05, 3.63) is 0 Å². The van der Waals surface area contributed by atoms with E-state index in [2.05, 4.69) is 24.1 Å². The van der Waals surface area contributed by atoms with Gasteiger partial charge in [-0.3, -0.25) is 4.90 Å². The Hall–Kier alpha value is -0.120. The van der Waals surface area contributed by atoms with E-state index in [1.165, 1.54) is 38.8 Å². The van der Waals surface area contributed by atoms with Gasteiger partial charge in [0.15, 0.2) is 0 Å². The Morgan fingerprint density at radius 2 is 2.06 bits per heavy atom. The van der Waals surface area contributed by atoms with Crippen LogP contribution in [0.15, 0.2) is 0 Å². The maximum Gasteiger partial charge on any atom is 0.0540 e. The van der Waals surface area contributed by atoms with Crippen LogP contribution in [0.5, 0.6) is 0 Å². The van der Waals surface area contributed by atoms with Gasteiger partial charge in [-0.25, -0.2) is 0 Å². The second-order valence-corrected chi connectivity index (χ2v) is 6.19. The molecule has 1 heterocycles. The van der Waals surface area contributed by atoms with Gasteiger partial charge >= 0.3 is 0 Å². The quantitative estimate of drug-likeness (QED) is 0.761. The molecule has 2 N–H and O–H groups in total. The van der Waals surface area contributed by atoms with E-state index in [1.807, 2.05) is 0 Å². The van der Waals surface area contributed by atoms with E-state index in [4.69, 9.17) is 0 Å². The van der Waals surface area contributed by atoms with Crippen LogP contribution < -0.4 is 5.32 Å². The van der Waals surface area contributed by atoms with Crippen molar-refractivity contribution in [2.45, 2.75) is 70.6 Å². The zero-order valence-electron chi connectivity index (χ0n) is 12.1. The molecule has 3 unspecified atom stereocenters. The molecule has 3 atom stereocenters. The van der Waals surface area contributed by atoms with Gasteiger partial charge in [0.2, 0.25) is 0 Å². The number of aliphatic hydroxyl groups excluding tert-OH is 1. The van der Waals surface area contributed by atoms with Crippen LogP contribution in [0.3, 0.4) is 0 Å². The Bertz CT molecular complexity index is 243. The highest BCUT2D eigenvalue weighted by molar-refractivity contribution is 4.90. The van der Waals surface area contributed by atoms with Crippen LogP contribution in [0.2, 0.25) is 0 Å². The van der Waals surface area contributed by atoms with Crippen molar-refractivity contribution >= 4 is 0 Å². The number of likely N-dealkylation sites (N-methyl/N-ethyl adjacent to an activating group) is 1. The zero-order valence-corrected chi connectivity index (χ0v) is 12.1. The number of likely N-dealkylation sites (tertiary alicyclic amines) is 1. The molecule has 2 rings (SSSR count). The number of nitrogens with zero attached hydrogens (tertiary/aromatic N) is 1. The van der Waals surface area contributed by atoms with Crippen LogP contribution in [-0.4, -0.2) is 47.8 Å². The van der Waals surface area contributed by atoms with Crippen LogP contribution in [0.1, 0.15) is 52.4 Å². The van der Waals surface area contributed by atoms with Gasteiger partial charge < -0.3 is 10.4 Å². The van der Waals surface area contributed by atoms with Crippen LogP contribution in [0.4, 0.5) is 0 Å². The van der Waals surface area contributed by atoms with Gasteiger partial charge in [-0.1, -0.05) is 20.3 Å². The fourth-order valence-electron chi connectivity index (χ4n) is 3.45. The molecule has 2 aliphatic rings. The molecule has 1 saturated carbocycles. The lowest BCUT2D eigenvalue weighted by Gasteiger charge is -2.45. The SMILES string of the molecule is CCNC1CC(CC(O)CC)CN(C2CCC2)C1. The monoisotopic (exact) mass is 254 g/mol. The maximum absolute atomic E-state index is 9.88. The summed E-state index contributed by atoms with van der Waals surface area (Å²) >= 11 is 0. The van der Waals surface area contributed by atoms with E-state index in [1.54, 1.807) is 0 Å². The molecule has 18 heavy (non-hydrogen) atoms. The first-order valence-corrected chi connectivity index (χ1v) is 7.88. The average Bonchev–Trinajstić information content (AvgIpc) is 2.26. The van der Waals surface area contributed by atoms with E-state index >= 15 is 0 Å². The lowest BCUT2D eigenvalue weighted by atomic mass is 9.84. The number of rotatable bonds is 6. The Morgan fingerprint density at radius 1 is 1.28 bits per heavy atom. The third-order valence-electron chi connectivity index (χ3n) is 4.73. The van der Waals surface area contributed by atoms with E-state index in [-0.39, 0.29) is 6.10 Å². The highest BCUT2D eigenvalue weighted by Crippen LogP contribution is 2.30. The molecule has 0 aromatic carbocycles. The van der Waals surface area contributed by atoms with Gasteiger partial charge in [-0.15, -0.1) is 0 Å². The Labute approximate surface area is 112 Å². The van der Waals surface area contributed by atoms with Crippen molar-refractivity contribution in [3.63, 3.8) is 0 Å². The van der Waals surface area contributed by atoms with Crippen LogP contribution in [0.25, 0.3) is 0 Å². The van der Waals surface area contributed by atoms with E-state index in [0.717, 1.165) is 25.4 Å². The second-order valence-electron chi connectivity index (χ2n) is 6.19.